The quantitative estimate of drug-likeness (QED) is 0.422. The van der Waals surface area contributed by atoms with Crippen LogP contribution in [0.3, 0.4) is 0 Å². The van der Waals surface area contributed by atoms with Crippen LogP contribution in [0, 0.1) is 0 Å². The summed E-state index contributed by atoms with van der Waals surface area (Å²) in [6.45, 7) is 1.69. The molecule has 0 heterocycles. The molecule has 0 saturated carbocycles. The number of benzene rings is 2. The van der Waals surface area contributed by atoms with Crippen molar-refractivity contribution in [1.29, 1.82) is 0 Å². The van der Waals surface area contributed by atoms with Crippen LogP contribution in [0.4, 0.5) is 8.78 Å². The van der Waals surface area contributed by atoms with Gasteiger partial charge in [0.2, 0.25) is 0 Å². The lowest BCUT2D eigenvalue weighted by Gasteiger charge is -2.14. The zero-order valence-corrected chi connectivity index (χ0v) is 15.2. The van der Waals surface area contributed by atoms with Gasteiger partial charge < -0.3 is 0 Å². The molecule has 0 unspecified atom stereocenters. The van der Waals surface area contributed by atoms with Crippen LogP contribution >= 0.6 is 0 Å². The van der Waals surface area contributed by atoms with Gasteiger partial charge in [0.25, 0.3) is 0 Å². The van der Waals surface area contributed by atoms with Gasteiger partial charge in [0, 0.05) is 0 Å². The predicted molar refractivity (Wildman–Crippen MR) is 102 cm³/mol. The molecule has 0 aliphatic heterocycles. The average Bonchev–Trinajstić information content (AvgIpc) is 3.02. The van der Waals surface area contributed by atoms with E-state index in [2.05, 4.69) is 37.3 Å². The Kier molecular flexibility index (Phi) is 6.23. The molecule has 0 spiro atoms. The van der Waals surface area contributed by atoms with Crippen molar-refractivity contribution >= 4 is 0 Å². The Labute approximate surface area is 150 Å². The topological polar surface area (TPSA) is 0 Å². The number of hydrogen-bond donors (Lipinski definition) is 0. The first kappa shape index (κ1) is 18.1. The number of unbranched alkanes of at least 4 members (excludes halogenated alkanes) is 1. The number of fused-ring (bicyclic) bond motifs is 3. The summed E-state index contributed by atoms with van der Waals surface area (Å²) in [4.78, 5) is 0. The fraction of sp³-hybridized carbons (Fsp3) is 0.478. The second kappa shape index (κ2) is 8.60. The molecule has 1 aliphatic carbocycles. The van der Waals surface area contributed by atoms with E-state index in [9.17, 15) is 8.78 Å². The molecule has 0 atom stereocenters. The molecule has 134 valence electrons. The number of alkyl halides is 2. The molecule has 2 aromatic carbocycles. The standard InChI is InChI=1S/C23H28F2/c1-2-3-7-18-12-13-21-20-10-4-8-17(9-5-14-24)22(20)16-23(21)19(18)11-6-15-25/h4,8,10,12-13H,2-3,5-7,9,11,14-16H2,1H3. The minimum Gasteiger partial charge on any atom is -0.251 e. The van der Waals surface area contributed by atoms with Gasteiger partial charge in [0.1, 0.15) is 0 Å². The second-order valence-electron chi connectivity index (χ2n) is 7.04. The molecule has 0 N–H and O–H groups in total. The summed E-state index contributed by atoms with van der Waals surface area (Å²) < 4.78 is 25.5. The Morgan fingerprint density at radius 2 is 1.48 bits per heavy atom. The minimum atomic E-state index is -0.264. The first-order valence-corrected chi connectivity index (χ1v) is 9.66. The molecule has 1 aliphatic rings. The van der Waals surface area contributed by atoms with Crippen LogP contribution < -0.4 is 0 Å². The highest BCUT2D eigenvalue weighted by Crippen LogP contribution is 2.41. The molecule has 0 saturated heterocycles. The summed E-state index contributed by atoms with van der Waals surface area (Å²) in [5.41, 5.74) is 9.41. The molecule has 25 heavy (non-hydrogen) atoms. The summed E-state index contributed by atoms with van der Waals surface area (Å²) in [6, 6.07) is 10.9. The van der Waals surface area contributed by atoms with Crippen LogP contribution in [0.15, 0.2) is 30.3 Å². The lowest BCUT2D eigenvalue weighted by Crippen LogP contribution is -2.02. The van der Waals surface area contributed by atoms with Gasteiger partial charge >= 0.3 is 0 Å². The SMILES string of the molecule is CCCCc1ccc2c(c1CCCF)Cc1c(CCCF)cccc1-2. The Bertz CT molecular complexity index is 718. The van der Waals surface area contributed by atoms with E-state index >= 15 is 0 Å². The molecular weight excluding hydrogens is 314 g/mol. The Morgan fingerprint density at radius 1 is 0.760 bits per heavy atom. The van der Waals surface area contributed by atoms with Crippen molar-refractivity contribution in [2.45, 2.75) is 58.3 Å². The summed E-state index contributed by atoms with van der Waals surface area (Å²) in [6.07, 6.45) is 7.17. The third kappa shape index (κ3) is 3.78. The Balaban J connectivity index is 1.99. The van der Waals surface area contributed by atoms with Crippen LogP contribution in [0.5, 0.6) is 0 Å². The van der Waals surface area contributed by atoms with E-state index < -0.39 is 0 Å². The minimum absolute atomic E-state index is 0.258. The van der Waals surface area contributed by atoms with Crippen molar-refractivity contribution in [2.75, 3.05) is 13.3 Å². The molecule has 2 aromatic rings. The van der Waals surface area contributed by atoms with Gasteiger partial charge in [-0.1, -0.05) is 43.7 Å². The maximum Gasteiger partial charge on any atom is 0.0897 e. The third-order valence-electron chi connectivity index (χ3n) is 5.38. The average molecular weight is 342 g/mol. The number of halogens is 2. The smallest absolute Gasteiger partial charge is 0.0897 e. The second-order valence-corrected chi connectivity index (χ2v) is 7.04. The van der Waals surface area contributed by atoms with E-state index in [1.807, 2.05) is 0 Å². The molecule has 3 rings (SSSR count). The maximum atomic E-state index is 12.8. The first-order valence-electron chi connectivity index (χ1n) is 9.66. The number of aryl methyl sites for hydroxylation is 2. The summed E-state index contributed by atoms with van der Waals surface area (Å²) in [5.74, 6) is 0. The van der Waals surface area contributed by atoms with Gasteiger partial charge in [0.05, 0.1) is 13.3 Å². The van der Waals surface area contributed by atoms with Gasteiger partial charge in [-0.15, -0.1) is 0 Å². The van der Waals surface area contributed by atoms with E-state index in [1.165, 1.54) is 51.8 Å². The van der Waals surface area contributed by atoms with Gasteiger partial charge in [-0.3, -0.25) is 8.78 Å². The lowest BCUT2D eigenvalue weighted by atomic mass is 9.91. The normalized spacial score (nSPS) is 12.3. The molecule has 0 aromatic heterocycles. The van der Waals surface area contributed by atoms with Crippen molar-refractivity contribution < 1.29 is 8.78 Å². The zero-order valence-electron chi connectivity index (χ0n) is 15.2. The number of rotatable bonds is 9. The molecule has 2 heteroatoms. The van der Waals surface area contributed by atoms with E-state index in [1.54, 1.807) is 0 Å². The summed E-state index contributed by atoms with van der Waals surface area (Å²) in [5, 5.41) is 0. The van der Waals surface area contributed by atoms with Gasteiger partial charge in [0.15, 0.2) is 0 Å². The molecule has 0 fully saturated rings. The maximum absolute atomic E-state index is 12.8. The zero-order chi connectivity index (χ0) is 17.6. The highest BCUT2D eigenvalue weighted by Gasteiger charge is 2.24. The number of hydrogen-bond acceptors (Lipinski definition) is 0. The van der Waals surface area contributed by atoms with Crippen molar-refractivity contribution in [3.8, 4) is 11.1 Å². The molecule has 0 bridgehead atoms. The van der Waals surface area contributed by atoms with Crippen LogP contribution in [0.1, 0.15) is 60.4 Å². The van der Waals surface area contributed by atoms with Crippen molar-refractivity contribution in [3.05, 3.63) is 58.1 Å². The lowest BCUT2D eigenvalue weighted by molar-refractivity contribution is 0.472. The van der Waals surface area contributed by atoms with Crippen LogP contribution in [0.2, 0.25) is 0 Å². The highest BCUT2D eigenvalue weighted by atomic mass is 19.1. The van der Waals surface area contributed by atoms with Gasteiger partial charge in [-0.2, -0.15) is 0 Å². The highest BCUT2D eigenvalue weighted by molar-refractivity contribution is 5.79. The molecule has 0 amide bonds. The third-order valence-corrected chi connectivity index (χ3v) is 5.38. The van der Waals surface area contributed by atoms with Crippen LogP contribution in [0.25, 0.3) is 11.1 Å². The van der Waals surface area contributed by atoms with Gasteiger partial charge in [-0.25, -0.2) is 0 Å². The predicted octanol–water partition coefficient (Wildman–Crippen LogP) is 6.40. The Morgan fingerprint density at radius 3 is 2.24 bits per heavy atom. The van der Waals surface area contributed by atoms with Crippen molar-refractivity contribution in [3.63, 3.8) is 0 Å². The van der Waals surface area contributed by atoms with Crippen LogP contribution in [-0.4, -0.2) is 13.3 Å². The van der Waals surface area contributed by atoms with E-state index in [4.69, 9.17) is 0 Å². The largest absolute Gasteiger partial charge is 0.251 e. The summed E-state index contributed by atoms with van der Waals surface area (Å²) >= 11 is 0. The fourth-order valence-corrected chi connectivity index (χ4v) is 4.12. The van der Waals surface area contributed by atoms with Crippen molar-refractivity contribution in [2.24, 2.45) is 0 Å². The van der Waals surface area contributed by atoms with Crippen LogP contribution in [-0.2, 0) is 25.7 Å². The van der Waals surface area contributed by atoms with E-state index in [0.29, 0.717) is 12.8 Å². The monoisotopic (exact) mass is 342 g/mol. The van der Waals surface area contributed by atoms with E-state index in [-0.39, 0.29) is 13.3 Å². The molecule has 0 radical (unpaired) electrons. The fourth-order valence-electron chi connectivity index (χ4n) is 4.12. The summed E-state index contributed by atoms with van der Waals surface area (Å²) in [7, 11) is 0. The Hall–Kier alpha value is -1.70. The van der Waals surface area contributed by atoms with Gasteiger partial charge in [-0.05, 0) is 83.9 Å². The van der Waals surface area contributed by atoms with E-state index in [0.717, 1.165) is 25.7 Å². The first-order chi connectivity index (χ1) is 12.3. The van der Waals surface area contributed by atoms with Crippen molar-refractivity contribution in [1.82, 2.24) is 0 Å². The molecular formula is C23H28F2. The molecule has 0 nitrogen and oxygen atoms in total.